The molecule has 0 saturated carbocycles. The average Bonchev–Trinajstić information content (AvgIpc) is 2.89. The molecule has 2 rings (SSSR count). The molecule has 19 heavy (non-hydrogen) atoms. The van der Waals surface area contributed by atoms with Gasteiger partial charge in [0.2, 0.25) is 0 Å². The quantitative estimate of drug-likeness (QED) is 0.863. The van der Waals surface area contributed by atoms with Crippen LogP contribution in [0.3, 0.4) is 0 Å². The van der Waals surface area contributed by atoms with Crippen LogP contribution >= 0.6 is 0 Å². The summed E-state index contributed by atoms with van der Waals surface area (Å²) in [5, 5.41) is 12.2. The fourth-order valence-corrected chi connectivity index (χ4v) is 1.65. The molecule has 0 aliphatic heterocycles. The number of aromatic nitrogens is 1. The summed E-state index contributed by atoms with van der Waals surface area (Å²) in [5.41, 5.74) is 0.988. The van der Waals surface area contributed by atoms with E-state index < -0.39 is 5.97 Å². The second-order valence-electron chi connectivity index (χ2n) is 4.56. The first-order chi connectivity index (χ1) is 9.06. The Kier molecular flexibility index (Phi) is 3.85. The third-order valence-electron chi connectivity index (χ3n) is 2.71. The SMILES string of the molecule is CC(C)c1cc(C(=O)O)cc(NCc2ccco2)n1. The van der Waals surface area contributed by atoms with E-state index in [4.69, 9.17) is 9.52 Å². The number of rotatable bonds is 5. The van der Waals surface area contributed by atoms with Crippen LogP contribution in [0.15, 0.2) is 34.9 Å². The maximum absolute atomic E-state index is 11.1. The molecule has 100 valence electrons. The van der Waals surface area contributed by atoms with E-state index in [0.717, 1.165) is 11.5 Å². The first-order valence-electron chi connectivity index (χ1n) is 6.08. The molecule has 0 aliphatic rings. The van der Waals surface area contributed by atoms with Crippen molar-refractivity contribution in [1.29, 1.82) is 0 Å². The molecule has 0 aromatic carbocycles. The highest BCUT2D eigenvalue weighted by Gasteiger charge is 2.10. The van der Waals surface area contributed by atoms with Gasteiger partial charge < -0.3 is 14.8 Å². The molecule has 0 bridgehead atoms. The minimum Gasteiger partial charge on any atom is -0.478 e. The van der Waals surface area contributed by atoms with Crippen LogP contribution in [0.4, 0.5) is 5.82 Å². The summed E-state index contributed by atoms with van der Waals surface area (Å²) in [6.45, 7) is 4.43. The largest absolute Gasteiger partial charge is 0.478 e. The monoisotopic (exact) mass is 260 g/mol. The van der Waals surface area contributed by atoms with E-state index in [0.29, 0.717) is 12.4 Å². The van der Waals surface area contributed by atoms with E-state index in [1.807, 2.05) is 19.9 Å². The van der Waals surface area contributed by atoms with Gasteiger partial charge in [-0.25, -0.2) is 9.78 Å². The van der Waals surface area contributed by atoms with E-state index in [1.54, 1.807) is 18.4 Å². The molecule has 5 nitrogen and oxygen atoms in total. The van der Waals surface area contributed by atoms with Crippen LogP contribution in [0.1, 0.15) is 41.6 Å². The molecule has 2 aromatic rings. The Morgan fingerprint density at radius 3 is 2.84 bits per heavy atom. The van der Waals surface area contributed by atoms with Crippen LogP contribution in [-0.4, -0.2) is 16.1 Å². The summed E-state index contributed by atoms with van der Waals surface area (Å²) in [5.74, 6) is 0.530. The summed E-state index contributed by atoms with van der Waals surface area (Å²) in [7, 11) is 0. The van der Waals surface area contributed by atoms with E-state index in [1.165, 1.54) is 6.07 Å². The Morgan fingerprint density at radius 2 is 2.26 bits per heavy atom. The maximum Gasteiger partial charge on any atom is 0.335 e. The number of pyridine rings is 1. The van der Waals surface area contributed by atoms with Crippen LogP contribution in [0, 0.1) is 0 Å². The summed E-state index contributed by atoms with van der Waals surface area (Å²) < 4.78 is 5.20. The van der Waals surface area contributed by atoms with Gasteiger partial charge in [0, 0.05) is 5.69 Å². The molecular formula is C14H16N2O3. The summed E-state index contributed by atoms with van der Waals surface area (Å²) in [4.78, 5) is 15.5. The van der Waals surface area contributed by atoms with Crippen molar-refractivity contribution in [2.45, 2.75) is 26.3 Å². The third-order valence-corrected chi connectivity index (χ3v) is 2.71. The van der Waals surface area contributed by atoms with Crippen molar-refractivity contribution in [3.63, 3.8) is 0 Å². The Hall–Kier alpha value is -2.30. The lowest BCUT2D eigenvalue weighted by atomic mass is 10.1. The molecule has 0 unspecified atom stereocenters. The van der Waals surface area contributed by atoms with Crippen LogP contribution in [0.2, 0.25) is 0 Å². The number of carboxylic acids is 1. The molecule has 0 atom stereocenters. The molecule has 0 amide bonds. The number of carboxylic acid groups (broad SMARTS) is 1. The van der Waals surface area contributed by atoms with E-state index in [2.05, 4.69) is 10.3 Å². The number of hydrogen-bond donors (Lipinski definition) is 2. The Labute approximate surface area is 111 Å². The number of furan rings is 1. The number of nitrogens with one attached hydrogen (secondary N) is 1. The number of hydrogen-bond acceptors (Lipinski definition) is 4. The fourth-order valence-electron chi connectivity index (χ4n) is 1.65. The first kappa shape index (κ1) is 13.1. The first-order valence-corrected chi connectivity index (χ1v) is 6.08. The van der Waals surface area contributed by atoms with Gasteiger partial charge in [0.25, 0.3) is 0 Å². The summed E-state index contributed by atoms with van der Waals surface area (Å²) in [6, 6.07) is 6.78. The zero-order chi connectivity index (χ0) is 13.8. The van der Waals surface area contributed by atoms with E-state index in [-0.39, 0.29) is 11.5 Å². The fraction of sp³-hybridized carbons (Fsp3) is 0.286. The van der Waals surface area contributed by atoms with Gasteiger partial charge in [-0.3, -0.25) is 0 Å². The van der Waals surface area contributed by atoms with Crippen molar-refractivity contribution >= 4 is 11.8 Å². The van der Waals surface area contributed by atoms with Gasteiger partial charge in [0.1, 0.15) is 11.6 Å². The number of carbonyl (C=O) groups is 1. The van der Waals surface area contributed by atoms with Crippen molar-refractivity contribution < 1.29 is 14.3 Å². The van der Waals surface area contributed by atoms with Gasteiger partial charge in [-0.05, 0) is 30.2 Å². The molecular weight excluding hydrogens is 244 g/mol. The summed E-state index contributed by atoms with van der Waals surface area (Å²) >= 11 is 0. The number of aromatic carboxylic acids is 1. The molecule has 5 heteroatoms. The molecule has 0 aliphatic carbocycles. The van der Waals surface area contributed by atoms with Gasteiger partial charge in [-0.15, -0.1) is 0 Å². The van der Waals surface area contributed by atoms with Crippen molar-refractivity contribution in [2.75, 3.05) is 5.32 Å². The molecule has 2 heterocycles. The molecule has 2 N–H and O–H groups in total. The zero-order valence-electron chi connectivity index (χ0n) is 10.9. The van der Waals surface area contributed by atoms with Crippen molar-refractivity contribution in [2.24, 2.45) is 0 Å². The lowest BCUT2D eigenvalue weighted by Crippen LogP contribution is -2.07. The van der Waals surface area contributed by atoms with Gasteiger partial charge in [0.05, 0.1) is 18.4 Å². The average molecular weight is 260 g/mol. The van der Waals surface area contributed by atoms with Gasteiger partial charge in [-0.1, -0.05) is 13.8 Å². The van der Waals surface area contributed by atoms with Crippen molar-refractivity contribution in [3.05, 3.63) is 47.5 Å². The maximum atomic E-state index is 11.1. The Bertz CT molecular complexity index is 562. The molecule has 0 fully saturated rings. The van der Waals surface area contributed by atoms with Gasteiger partial charge in [0.15, 0.2) is 0 Å². The molecule has 0 spiro atoms. The Balaban J connectivity index is 2.21. The minimum absolute atomic E-state index is 0.170. The highest BCUT2D eigenvalue weighted by atomic mass is 16.4. The minimum atomic E-state index is -0.953. The molecule has 2 aromatic heterocycles. The predicted octanol–water partition coefficient (Wildman–Crippen LogP) is 3.11. The van der Waals surface area contributed by atoms with E-state index in [9.17, 15) is 4.79 Å². The zero-order valence-corrected chi connectivity index (χ0v) is 10.9. The normalized spacial score (nSPS) is 10.7. The highest BCUT2D eigenvalue weighted by molar-refractivity contribution is 5.88. The van der Waals surface area contributed by atoms with Crippen LogP contribution in [0.5, 0.6) is 0 Å². The van der Waals surface area contributed by atoms with Crippen LogP contribution in [-0.2, 0) is 6.54 Å². The Morgan fingerprint density at radius 1 is 1.47 bits per heavy atom. The second kappa shape index (κ2) is 5.56. The van der Waals surface area contributed by atoms with Crippen molar-refractivity contribution in [1.82, 2.24) is 4.98 Å². The van der Waals surface area contributed by atoms with Crippen LogP contribution in [0.25, 0.3) is 0 Å². The van der Waals surface area contributed by atoms with Crippen LogP contribution < -0.4 is 5.32 Å². The standard InChI is InChI=1S/C14H16N2O3/c1-9(2)12-6-10(14(17)18)7-13(16-12)15-8-11-4-3-5-19-11/h3-7,9H,8H2,1-2H3,(H,15,16)(H,17,18). The van der Waals surface area contributed by atoms with Gasteiger partial charge in [-0.2, -0.15) is 0 Å². The smallest absolute Gasteiger partial charge is 0.335 e. The van der Waals surface area contributed by atoms with E-state index >= 15 is 0 Å². The second-order valence-corrected chi connectivity index (χ2v) is 4.56. The number of nitrogens with zero attached hydrogens (tertiary/aromatic N) is 1. The lowest BCUT2D eigenvalue weighted by molar-refractivity contribution is 0.0696. The third kappa shape index (κ3) is 3.34. The van der Waals surface area contributed by atoms with Crippen molar-refractivity contribution in [3.8, 4) is 0 Å². The summed E-state index contributed by atoms with van der Waals surface area (Å²) in [6.07, 6.45) is 1.59. The molecule has 0 saturated heterocycles. The topological polar surface area (TPSA) is 75.4 Å². The lowest BCUT2D eigenvalue weighted by Gasteiger charge is -2.10. The molecule has 0 radical (unpaired) electrons. The highest BCUT2D eigenvalue weighted by Crippen LogP contribution is 2.18. The number of anilines is 1. The predicted molar refractivity (Wildman–Crippen MR) is 71.3 cm³/mol. The van der Waals surface area contributed by atoms with Gasteiger partial charge >= 0.3 is 5.97 Å².